The van der Waals surface area contributed by atoms with Crippen LogP contribution in [0.2, 0.25) is 0 Å². The Morgan fingerprint density at radius 1 is 1.31 bits per heavy atom. The first-order chi connectivity index (χ1) is 6.43. The monoisotopic (exact) mass is 173 g/mol. The Balaban J connectivity index is 2.00. The van der Waals surface area contributed by atoms with Crippen molar-refractivity contribution in [3.05, 3.63) is 35.4 Å². The SMILES string of the molecule is C1=NNN2Cc3ccccc3CC12. The molecule has 3 heteroatoms. The summed E-state index contributed by atoms with van der Waals surface area (Å²) in [6.45, 7) is 0.959. The highest BCUT2D eigenvalue weighted by atomic mass is 15.7. The van der Waals surface area contributed by atoms with E-state index in [1.165, 1.54) is 11.1 Å². The molecule has 1 unspecified atom stereocenters. The van der Waals surface area contributed by atoms with E-state index in [-0.39, 0.29) is 0 Å². The lowest BCUT2D eigenvalue weighted by Crippen LogP contribution is -2.42. The van der Waals surface area contributed by atoms with Gasteiger partial charge in [0.05, 0.1) is 6.04 Å². The summed E-state index contributed by atoms with van der Waals surface area (Å²) in [6.07, 6.45) is 3.06. The molecule has 0 amide bonds. The Hall–Kier alpha value is -1.35. The lowest BCUT2D eigenvalue weighted by molar-refractivity contribution is 0.166. The van der Waals surface area contributed by atoms with E-state index in [0.29, 0.717) is 6.04 Å². The van der Waals surface area contributed by atoms with Gasteiger partial charge in [-0.2, -0.15) is 10.1 Å². The van der Waals surface area contributed by atoms with Gasteiger partial charge in [0.1, 0.15) is 0 Å². The molecule has 0 fully saturated rings. The average molecular weight is 173 g/mol. The Morgan fingerprint density at radius 2 is 2.15 bits per heavy atom. The molecule has 1 aromatic rings. The number of hydrazine groups is 1. The molecule has 0 spiro atoms. The fraction of sp³-hybridized carbons (Fsp3) is 0.300. The summed E-state index contributed by atoms with van der Waals surface area (Å²) in [5, 5.41) is 6.23. The minimum atomic E-state index is 0.454. The summed E-state index contributed by atoms with van der Waals surface area (Å²) in [5.41, 5.74) is 5.87. The van der Waals surface area contributed by atoms with Crippen LogP contribution in [0.25, 0.3) is 0 Å². The number of hydrogen-bond acceptors (Lipinski definition) is 3. The molecule has 0 bridgehead atoms. The third-order valence-electron chi connectivity index (χ3n) is 2.72. The smallest absolute Gasteiger partial charge is 0.0721 e. The number of nitrogens with one attached hydrogen (secondary N) is 1. The third kappa shape index (κ3) is 1.04. The van der Waals surface area contributed by atoms with Crippen LogP contribution >= 0.6 is 0 Å². The van der Waals surface area contributed by atoms with Gasteiger partial charge in [-0.1, -0.05) is 24.3 Å². The van der Waals surface area contributed by atoms with Crippen molar-refractivity contribution in [1.82, 2.24) is 10.5 Å². The second-order valence-electron chi connectivity index (χ2n) is 3.55. The Labute approximate surface area is 77.0 Å². The van der Waals surface area contributed by atoms with Crippen molar-refractivity contribution < 1.29 is 0 Å². The van der Waals surface area contributed by atoms with Crippen LogP contribution in [0, 0.1) is 0 Å². The first-order valence-electron chi connectivity index (χ1n) is 4.56. The molecule has 2 aliphatic heterocycles. The fourth-order valence-corrected chi connectivity index (χ4v) is 1.98. The van der Waals surface area contributed by atoms with E-state index in [1.807, 2.05) is 6.21 Å². The number of benzene rings is 1. The molecule has 13 heavy (non-hydrogen) atoms. The van der Waals surface area contributed by atoms with Crippen LogP contribution in [-0.2, 0) is 13.0 Å². The fourth-order valence-electron chi connectivity index (χ4n) is 1.98. The summed E-state index contributed by atoms with van der Waals surface area (Å²) in [6, 6.07) is 9.05. The van der Waals surface area contributed by atoms with E-state index in [2.05, 4.69) is 39.9 Å². The number of nitrogens with zero attached hydrogens (tertiary/aromatic N) is 2. The zero-order chi connectivity index (χ0) is 8.67. The van der Waals surface area contributed by atoms with E-state index in [0.717, 1.165) is 13.0 Å². The topological polar surface area (TPSA) is 27.6 Å². The highest BCUT2D eigenvalue weighted by Gasteiger charge is 2.27. The van der Waals surface area contributed by atoms with Crippen molar-refractivity contribution in [3.8, 4) is 0 Å². The average Bonchev–Trinajstić information content (AvgIpc) is 2.61. The molecule has 3 rings (SSSR count). The first-order valence-corrected chi connectivity index (χ1v) is 4.56. The van der Waals surface area contributed by atoms with Crippen molar-refractivity contribution in [3.63, 3.8) is 0 Å². The summed E-state index contributed by atoms with van der Waals surface area (Å²) < 4.78 is 0. The molecule has 0 saturated heterocycles. The zero-order valence-corrected chi connectivity index (χ0v) is 7.27. The van der Waals surface area contributed by atoms with Crippen LogP contribution in [0.15, 0.2) is 29.4 Å². The minimum absolute atomic E-state index is 0.454. The van der Waals surface area contributed by atoms with Crippen molar-refractivity contribution >= 4 is 6.21 Å². The van der Waals surface area contributed by atoms with Crippen molar-refractivity contribution in [2.45, 2.75) is 19.0 Å². The van der Waals surface area contributed by atoms with E-state index >= 15 is 0 Å². The molecule has 66 valence electrons. The molecule has 1 aromatic carbocycles. The van der Waals surface area contributed by atoms with Crippen molar-refractivity contribution in [1.29, 1.82) is 0 Å². The molecule has 0 aromatic heterocycles. The summed E-state index contributed by atoms with van der Waals surface area (Å²) >= 11 is 0. The maximum absolute atomic E-state index is 4.06. The van der Waals surface area contributed by atoms with Gasteiger partial charge in [-0.25, -0.2) is 5.53 Å². The zero-order valence-electron chi connectivity index (χ0n) is 7.27. The number of rotatable bonds is 0. The predicted molar refractivity (Wildman–Crippen MR) is 51.1 cm³/mol. The van der Waals surface area contributed by atoms with Crippen LogP contribution in [0.3, 0.4) is 0 Å². The Morgan fingerprint density at radius 3 is 3.08 bits per heavy atom. The number of hydrazone groups is 1. The van der Waals surface area contributed by atoms with Crippen LogP contribution < -0.4 is 5.53 Å². The molecule has 1 N–H and O–H groups in total. The maximum atomic E-state index is 4.06. The summed E-state index contributed by atoms with van der Waals surface area (Å²) in [5.74, 6) is 0. The standard InChI is InChI=1S/C10H11N3/c1-2-4-9-7-13-10(6-11-12-13)5-8(9)3-1/h1-4,6,10,12H,5,7H2. The van der Waals surface area contributed by atoms with Crippen LogP contribution in [0.5, 0.6) is 0 Å². The normalized spacial score (nSPS) is 25.1. The lowest BCUT2D eigenvalue weighted by atomic mass is 9.96. The summed E-state index contributed by atoms with van der Waals surface area (Å²) in [7, 11) is 0. The van der Waals surface area contributed by atoms with E-state index in [4.69, 9.17) is 0 Å². The van der Waals surface area contributed by atoms with E-state index in [9.17, 15) is 0 Å². The second kappa shape index (κ2) is 2.57. The van der Waals surface area contributed by atoms with Gasteiger partial charge in [0.25, 0.3) is 0 Å². The van der Waals surface area contributed by atoms with Gasteiger partial charge in [-0.3, -0.25) is 0 Å². The van der Waals surface area contributed by atoms with Gasteiger partial charge in [0.15, 0.2) is 0 Å². The van der Waals surface area contributed by atoms with Crippen LogP contribution in [0.1, 0.15) is 11.1 Å². The second-order valence-corrected chi connectivity index (χ2v) is 3.55. The maximum Gasteiger partial charge on any atom is 0.0721 e. The summed E-state index contributed by atoms with van der Waals surface area (Å²) in [4.78, 5) is 0. The van der Waals surface area contributed by atoms with Gasteiger partial charge in [-0.15, -0.1) is 0 Å². The highest BCUT2D eigenvalue weighted by molar-refractivity contribution is 5.67. The Kier molecular flexibility index (Phi) is 1.40. The van der Waals surface area contributed by atoms with Crippen LogP contribution in [-0.4, -0.2) is 17.3 Å². The number of hydrogen-bond donors (Lipinski definition) is 1. The molecule has 0 aliphatic carbocycles. The lowest BCUT2D eigenvalue weighted by Gasteiger charge is -2.29. The van der Waals surface area contributed by atoms with Gasteiger partial charge in [-0.05, 0) is 17.5 Å². The largest absolute Gasteiger partial charge is 0.240 e. The third-order valence-corrected chi connectivity index (χ3v) is 2.72. The van der Waals surface area contributed by atoms with Gasteiger partial charge >= 0.3 is 0 Å². The van der Waals surface area contributed by atoms with Crippen molar-refractivity contribution in [2.75, 3.05) is 0 Å². The van der Waals surface area contributed by atoms with E-state index in [1.54, 1.807) is 0 Å². The molecule has 3 nitrogen and oxygen atoms in total. The highest BCUT2D eigenvalue weighted by Crippen LogP contribution is 2.22. The first kappa shape index (κ1) is 7.09. The van der Waals surface area contributed by atoms with Gasteiger partial charge < -0.3 is 0 Å². The van der Waals surface area contributed by atoms with Gasteiger partial charge in [0, 0.05) is 12.8 Å². The molecule has 0 radical (unpaired) electrons. The van der Waals surface area contributed by atoms with E-state index < -0.39 is 0 Å². The molecule has 2 heterocycles. The van der Waals surface area contributed by atoms with Crippen molar-refractivity contribution in [2.24, 2.45) is 5.10 Å². The molecule has 0 saturated carbocycles. The number of fused-ring (bicyclic) bond motifs is 2. The Bertz CT molecular complexity index is 359. The predicted octanol–water partition coefficient (Wildman–Crippen LogP) is 0.917. The molecule has 1 atom stereocenters. The molecule has 2 aliphatic rings. The molecular weight excluding hydrogens is 162 g/mol. The minimum Gasteiger partial charge on any atom is -0.240 e. The van der Waals surface area contributed by atoms with Gasteiger partial charge in [0.2, 0.25) is 0 Å². The van der Waals surface area contributed by atoms with Crippen LogP contribution in [0.4, 0.5) is 0 Å². The molecular formula is C10H11N3. The quantitative estimate of drug-likeness (QED) is 0.631.